The molecule has 0 radical (unpaired) electrons. The Labute approximate surface area is 314 Å². The lowest BCUT2D eigenvalue weighted by Gasteiger charge is -2.48. The van der Waals surface area contributed by atoms with Gasteiger partial charge in [0.2, 0.25) is 5.79 Å². The minimum Gasteiger partial charge on any atom is -0.459 e. The van der Waals surface area contributed by atoms with Crippen molar-refractivity contribution in [2.75, 3.05) is 19.8 Å². The number of hydrogen-bond acceptors (Lipinski definition) is 8. The van der Waals surface area contributed by atoms with E-state index in [1.807, 2.05) is 113 Å². The first-order valence-electron chi connectivity index (χ1n) is 19.1. The number of esters is 2. The van der Waals surface area contributed by atoms with E-state index in [1.54, 1.807) is 0 Å². The molecule has 1 aromatic heterocycles. The first-order chi connectivity index (χ1) is 25.5. The Morgan fingerprint density at radius 2 is 1.42 bits per heavy atom. The molecule has 3 aromatic carbocycles. The lowest BCUT2D eigenvalue weighted by Crippen LogP contribution is -2.61. The van der Waals surface area contributed by atoms with Gasteiger partial charge in [-0.2, -0.15) is 0 Å². The Hall–Kier alpha value is -4.02. The van der Waals surface area contributed by atoms with Crippen molar-refractivity contribution in [2.24, 2.45) is 16.6 Å². The maximum absolute atomic E-state index is 14.2. The Morgan fingerprint density at radius 3 is 2.04 bits per heavy atom. The molecular weight excluding hydrogens is 668 g/mol. The number of H-pyrrole nitrogens is 1. The largest absolute Gasteiger partial charge is 0.459 e. The van der Waals surface area contributed by atoms with Crippen LogP contribution in [-0.2, 0) is 47.8 Å². The van der Waals surface area contributed by atoms with Gasteiger partial charge in [-0.3, -0.25) is 9.59 Å². The van der Waals surface area contributed by atoms with Crippen LogP contribution in [0.4, 0.5) is 0 Å². The molecule has 1 aliphatic rings. The van der Waals surface area contributed by atoms with Gasteiger partial charge >= 0.3 is 11.9 Å². The first kappa shape index (κ1) is 40.2. The molecule has 0 saturated carbocycles. The average molecular weight is 727 g/mol. The molecule has 4 N–H and O–H groups in total. The predicted octanol–water partition coefficient (Wildman–Crippen LogP) is 7.48. The number of carbonyl (C=O) groups is 2. The second-order valence-corrected chi connectivity index (χ2v) is 15.7. The molecule has 0 aliphatic carbocycles. The number of hydrogen-bond donors (Lipinski definition) is 3. The second kappa shape index (κ2) is 18.3. The van der Waals surface area contributed by atoms with Crippen molar-refractivity contribution >= 4 is 22.8 Å². The monoisotopic (exact) mass is 726 g/mol. The summed E-state index contributed by atoms with van der Waals surface area (Å²) in [5.74, 6) is -2.24. The molecule has 5 rings (SSSR count). The number of benzene rings is 3. The van der Waals surface area contributed by atoms with Gasteiger partial charge in [0.1, 0.15) is 12.2 Å². The van der Waals surface area contributed by atoms with Crippen molar-refractivity contribution in [2.45, 2.75) is 110 Å². The van der Waals surface area contributed by atoms with Crippen molar-refractivity contribution in [1.29, 1.82) is 0 Å². The van der Waals surface area contributed by atoms with E-state index >= 15 is 0 Å². The summed E-state index contributed by atoms with van der Waals surface area (Å²) in [7, 11) is 0. The Morgan fingerprint density at radius 1 is 0.830 bits per heavy atom. The third-order valence-corrected chi connectivity index (χ3v) is 10.3. The summed E-state index contributed by atoms with van der Waals surface area (Å²) in [6.45, 7) is 8.02. The molecule has 1 fully saturated rings. The van der Waals surface area contributed by atoms with E-state index in [-0.39, 0.29) is 6.42 Å². The lowest BCUT2D eigenvalue weighted by molar-refractivity contribution is -0.347. The van der Waals surface area contributed by atoms with Crippen LogP contribution in [-0.4, -0.2) is 65.9 Å². The van der Waals surface area contributed by atoms with Crippen molar-refractivity contribution < 1.29 is 33.6 Å². The fourth-order valence-electron chi connectivity index (χ4n) is 7.22. The summed E-state index contributed by atoms with van der Waals surface area (Å²) in [5, 5.41) is 11.9. The lowest BCUT2D eigenvalue weighted by atomic mass is 9.84. The van der Waals surface area contributed by atoms with Crippen LogP contribution in [0.2, 0.25) is 0 Å². The van der Waals surface area contributed by atoms with Crippen LogP contribution in [0.5, 0.6) is 0 Å². The van der Waals surface area contributed by atoms with Crippen LogP contribution < -0.4 is 5.73 Å². The fraction of sp³-hybridized carbons (Fsp3) is 0.500. The highest BCUT2D eigenvalue weighted by molar-refractivity contribution is 5.83. The van der Waals surface area contributed by atoms with E-state index in [1.165, 1.54) is 0 Å². The zero-order valence-corrected chi connectivity index (χ0v) is 31.9. The normalized spacial score (nSPS) is 20.7. The summed E-state index contributed by atoms with van der Waals surface area (Å²) >= 11 is 0. The average Bonchev–Trinajstić information content (AvgIpc) is 3.56. The number of rotatable bonds is 19. The molecule has 286 valence electrons. The number of ether oxygens (including phenoxy) is 4. The van der Waals surface area contributed by atoms with Gasteiger partial charge in [-0.15, -0.1) is 0 Å². The standard InChI is InChI=1S/C44H58N2O7/c1-42(2,28-32-17-9-7-10-18-32)40(48)51-37-27-39(52-41(49)43(3,4)29-33-19-11-8-12-20-33)44(53-38(37)31-47,50-26-16-6-5-15-25-45)24-23-34-30-46-36-22-14-13-21-35(34)36/h7-14,17-22,30,37-39,46-47H,5-6,15-16,23-29,31,45H2,1-4H3/t37-,38+,39+,44+/m0/s1. The third kappa shape index (κ3) is 10.6. The maximum atomic E-state index is 14.2. The minimum absolute atomic E-state index is 0.104. The van der Waals surface area contributed by atoms with Crippen molar-refractivity contribution in [1.82, 2.24) is 4.98 Å². The quantitative estimate of drug-likeness (QED) is 0.0670. The highest BCUT2D eigenvalue weighted by Crippen LogP contribution is 2.41. The van der Waals surface area contributed by atoms with E-state index in [9.17, 15) is 14.7 Å². The van der Waals surface area contributed by atoms with Gasteiger partial charge in [-0.05, 0) is 89.1 Å². The van der Waals surface area contributed by atoms with E-state index in [4.69, 9.17) is 24.7 Å². The molecule has 9 heteroatoms. The SMILES string of the molecule is CC(C)(Cc1ccccc1)C(=O)O[C@H]1C[C@@H](OC(=O)C(C)(C)Cc2ccccc2)[C@](CCc2c[nH]c3ccccc23)(OCCCCCCN)O[C@@H]1CO. The molecule has 4 aromatic rings. The van der Waals surface area contributed by atoms with Crippen molar-refractivity contribution in [3.05, 3.63) is 108 Å². The Bertz CT molecular complexity index is 1740. The summed E-state index contributed by atoms with van der Waals surface area (Å²) < 4.78 is 26.2. The van der Waals surface area contributed by atoms with Crippen molar-refractivity contribution in [3.63, 3.8) is 0 Å². The van der Waals surface area contributed by atoms with Crippen LogP contribution in [0.15, 0.2) is 91.1 Å². The summed E-state index contributed by atoms with van der Waals surface area (Å²) in [4.78, 5) is 31.4. The molecule has 1 saturated heterocycles. The summed E-state index contributed by atoms with van der Waals surface area (Å²) in [5.41, 5.74) is 8.10. The number of para-hydroxylation sites is 1. The Balaban J connectivity index is 1.45. The van der Waals surface area contributed by atoms with Gasteiger partial charge in [-0.25, -0.2) is 0 Å². The zero-order chi connectivity index (χ0) is 37.9. The number of aliphatic hydroxyl groups is 1. The second-order valence-electron chi connectivity index (χ2n) is 15.7. The number of aliphatic hydroxyl groups excluding tert-OH is 1. The molecule has 9 nitrogen and oxygen atoms in total. The van der Waals surface area contributed by atoms with Gasteiger partial charge in [0.25, 0.3) is 0 Å². The van der Waals surface area contributed by atoms with Crippen molar-refractivity contribution in [3.8, 4) is 0 Å². The first-order valence-corrected chi connectivity index (χ1v) is 19.1. The molecule has 1 aliphatic heterocycles. The topological polar surface area (TPSA) is 133 Å². The molecule has 0 bridgehead atoms. The molecule has 4 atom stereocenters. The van der Waals surface area contributed by atoms with Crippen LogP contribution in [0.1, 0.15) is 82.9 Å². The molecule has 0 spiro atoms. The molecule has 2 heterocycles. The third-order valence-electron chi connectivity index (χ3n) is 10.3. The number of unbranched alkanes of at least 4 members (excludes halogenated alkanes) is 3. The number of carbonyl (C=O) groups excluding carboxylic acids is 2. The molecule has 0 amide bonds. The van der Waals surface area contributed by atoms with Crippen LogP contribution >= 0.6 is 0 Å². The smallest absolute Gasteiger partial charge is 0.312 e. The van der Waals surface area contributed by atoms with Gasteiger partial charge in [-0.1, -0.05) is 91.7 Å². The van der Waals surface area contributed by atoms with E-state index in [2.05, 4.69) is 11.1 Å². The number of nitrogens with two attached hydrogens (primary N) is 1. The number of aromatic amines is 1. The minimum atomic E-state index is -1.42. The highest BCUT2D eigenvalue weighted by Gasteiger charge is 2.54. The molecule has 53 heavy (non-hydrogen) atoms. The predicted molar refractivity (Wildman–Crippen MR) is 207 cm³/mol. The highest BCUT2D eigenvalue weighted by atomic mass is 16.7. The molecule has 0 unspecified atom stereocenters. The number of nitrogens with one attached hydrogen (secondary N) is 1. The Kier molecular flexibility index (Phi) is 13.9. The van der Waals surface area contributed by atoms with Gasteiger partial charge in [0, 0.05) is 29.9 Å². The van der Waals surface area contributed by atoms with E-state index in [0.29, 0.717) is 38.8 Å². The number of aromatic nitrogens is 1. The number of aryl methyl sites for hydroxylation is 1. The van der Waals surface area contributed by atoms with Crippen LogP contribution in [0.25, 0.3) is 10.9 Å². The summed E-state index contributed by atoms with van der Waals surface area (Å²) in [6, 6.07) is 27.7. The van der Waals surface area contributed by atoms with Crippen LogP contribution in [0.3, 0.4) is 0 Å². The van der Waals surface area contributed by atoms with E-state index in [0.717, 1.165) is 53.3 Å². The van der Waals surface area contributed by atoms with E-state index < -0.39 is 53.5 Å². The van der Waals surface area contributed by atoms with Gasteiger partial charge < -0.3 is 34.8 Å². The van der Waals surface area contributed by atoms with Gasteiger partial charge in [0.05, 0.1) is 24.0 Å². The maximum Gasteiger partial charge on any atom is 0.312 e. The molecular formula is C44H58N2O7. The summed E-state index contributed by atoms with van der Waals surface area (Å²) in [6.07, 6.45) is 4.78. The number of fused-ring (bicyclic) bond motifs is 1. The fourth-order valence-corrected chi connectivity index (χ4v) is 7.22. The van der Waals surface area contributed by atoms with Crippen LogP contribution in [0, 0.1) is 10.8 Å². The van der Waals surface area contributed by atoms with Gasteiger partial charge in [0.15, 0.2) is 6.10 Å². The zero-order valence-electron chi connectivity index (χ0n) is 31.9.